The molecule has 0 aliphatic rings. The van der Waals surface area contributed by atoms with Crippen LogP contribution in [0.3, 0.4) is 0 Å². The third kappa shape index (κ3) is 1.07. The van der Waals surface area contributed by atoms with Crippen LogP contribution in [-0.4, -0.2) is 15.9 Å². The summed E-state index contributed by atoms with van der Waals surface area (Å²) in [5.41, 5.74) is 7.24. The minimum absolute atomic E-state index is 0.420. The maximum Gasteiger partial charge on any atom is 0.251 e. The number of fused-ring (bicyclic) bond motifs is 1. The Balaban J connectivity index is 2.86. The van der Waals surface area contributed by atoms with Crippen LogP contribution in [0.1, 0.15) is 16.1 Å². The molecule has 0 saturated carbocycles. The number of nitrogens with zero attached hydrogens (tertiary/aromatic N) is 1. The summed E-state index contributed by atoms with van der Waals surface area (Å²) in [6.07, 6.45) is 1.67. The smallest absolute Gasteiger partial charge is 0.251 e. The number of nitrogens with one attached hydrogen (secondary N) is 1. The van der Waals surface area contributed by atoms with Crippen LogP contribution in [0.5, 0.6) is 0 Å². The number of carbonyl (C=O) groups is 1. The quantitative estimate of drug-likeness (QED) is 0.677. The van der Waals surface area contributed by atoms with Gasteiger partial charge in [-0.2, -0.15) is 0 Å². The molecule has 2 rings (SSSR count). The average molecular weight is 175 g/mol. The standard InChI is InChI=1S/C9H9N3O/c1-5-7(8(10)13)6-3-2-4-11-9(6)12-5/h2-4H,1H3,(H2,10,13)(H,11,12). The molecule has 2 heterocycles. The van der Waals surface area contributed by atoms with E-state index in [9.17, 15) is 4.79 Å². The van der Waals surface area contributed by atoms with Crippen molar-refractivity contribution in [2.24, 2.45) is 5.73 Å². The lowest BCUT2D eigenvalue weighted by Gasteiger charge is -1.92. The number of aryl methyl sites for hydroxylation is 1. The van der Waals surface area contributed by atoms with E-state index in [0.717, 1.165) is 11.1 Å². The van der Waals surface area contributed by atoms with Crippen LogP contribution >= 0.6 is 0 Å². The topological polar surface area (TPSA) is 71.8 Å². The van der Waals surface area contributed by atoms with Crippen molar-refractivity contribution < 1.29 is 4.79 Å². The Kier molecular flexibility index (Phi) is 1.55. The van der Waals surface area contributed by atoms with Crippen LogP contribution < -0.4 is 5.73 Å². The predicted octanol–water partition coefficient (Wildman–Crippen LogP) is 0.970. The van der Waals surface area contributed by atoms with Crippen LogP contribution in [-0.2, 0) is 0 Å². The Morgan fingerprint density at radius 1 is 1.62 bits per heavy atom. The maximum absolute atomic E-state index is 11.1. The van der Waals surface area contributed by atoms with Gasteiger partial charge in [0.05, 0.1) is 5.56 Å². The van der Waals surface area contributed by atoms with Crippen molar-refractivity contribution in [3.8, 4) is 0 Å². The Bertz CT molecular complexity index is 473. The molecule has 0 aliphatic carbocycles. The van der Waals surface area contributed by atoms with Crippen LogP contribution in [0, 0.1) is 6.92 Å². The zero-order chi connectivity index (χ0) is 9.42. The first kappa shape index (κ1) is 7.79. The molecule has 3 N–H and O–H groups in total. The fourth-order valence-electron chi connectivity index (χ4n) is 1.47. The minimum atomic E-state index is -0.420. The highest BCUT2D eigenvalue weighted by molar-refractivity contribution is 6.06. The van der Waals surface area contributed by atoms with E-state index in [1.165, 1.54) is 0 Å². The summed E-state index contributed by atoms with van der Waals surface area (Å²) in [5.74, 6) is -0.420. The first-order chi connectivity index (χ1) is 6.20. The molecule has 66 valence electrons. The number of hydrogen-bond donors (Lipinski definition) is 2. The van der Waals surface area contributed by atoms with E-state index < -0.39 is 5.91 Å². The maximum atomic E-state index is 11.1. The first-order valence-electron chi connectivity index (χ1n) is 3.93. The highest BCUT2D eigenvalue weighted by atomic mass is 16.1. The number of nitrogens with two attached hydrogens (primary N) is 1. The van der Waals surface area contributed by atoms with Gasteiger partial charge in [0.2, 0.25) is 0 Å². The monoisotopic (exact) mass is 175 g/mol. The molecule has 4 heteroatoms. The fraction of sp³-hybridized carbons (Fsp3) is 0.111. The second-order valence-electron chi connectivity index (χ2n) is 2.89. The molecule has 0 aliphatic heterocycles. The van der Waals surface area contributed by atoms with Gasteiger partial charge in [-0.25, -0.2) is 4.98 Å². The summed E-state index contributed by atoms with van der Waals surface area (Å²) >= 11 is 0. The Labute approximate surface area is 74.8 Å². The second-order valence-corrected chi connectivity index (χ2v) is 2.89. The summed E-state index contributed by atoms with van der Waals surface area (Å²) < 4.78 is 0. The third-order valence-electron chi connectivity index (χ3n) is 2.00. The Hall–Kier alpha value is -1.84. The SMILES string of the molecule is Cc1[nH]c2ncccc2c1C(N)=O. The number of H-pyrrole nitrogens is 1. The second kappa shape index (κ2) is 2.58. The lowest BCUT2D eigenvalue weighted by atomic mass is 10.1. The number of aromatic amines is 1. The zero-order valence-electron chi connectivity index (χ0n) is 7.16. The Morgan fingerprint density at radius 3 is 3.08 bits per heavy atom. The molecular weight excluding hydrogens is 166 g/mol. The molecule has 13 heavy (non-hydrogen) atoms. The fourth-order valence-corrected chi connectivity index (χ4v) is 1.47. The van der Waals surface area contributed by atoms with Crippen molar-refractivity contribution in [1.29, 1.82) is 0 Å². The number of primary amides is 1. The molecule has 0 unspecified atom stereocenters. The summed E-state index contributed by atoms with van der Waals surface area (Å²) in [6, 6.07) is 3.61. The van der Waals surface area contributed by atoms with Gasteiger partial charge in [0.25, 0.3) is 5.91 Å². The highest BCUT2D eigenvalue weighted by Crippen LogP contribution is 2.18. The van der Waals surface area contributed by atoms with Gasteiger partial charge >= 0.3 is 0 Å². The Morgan fingerprint density at radius 2 is 2.38 bits per heavy atom. The van der Waals surface area contributed by atoms with Crippen LogP contribution in [0.15, 0.2) is 18.3 Å². The van der Waals surface area contributed by atoms with E-state index in [2.05, 4.69) is 9.97 Å². The number of carbonyl (C=O) groups excluding carboxylic acids is 1. The van der Waals surface area contributed by atoms with Crippen LogP contribution in [0.2, 0.25) is 0 Å². The number of amides is 1. The van der Waals surface area contributed by atoms with Gasteiger partial charge in [0, 0.05) is 17.3 Å². The molecular formula is C9H9N3O. The van der Waals surface area contributed by atoms with Crippen molar-refractivity contribution >= 4 is 16.9 Å². The van der Waals surface area contributed by atoms with E-state index in [0.29, 0.717) is 11.2 Å². The van der Waals surface area contributed by atoms with Gasteiger partial charge in [-0.05, 0) is 19.1 Å². The molecule has 0 atom stereocenters. The van der Waals surface area contributed by atoms with Gasteiger partial charge in [0.1, 0.15) is 5.65 Å². The molecule has 2 aromatic rings. The van der Waals surface area contributed by atoms with Crippen molar-refractivity contribution in [1.82, 2.24) is 9.97 Å². The normalized spacial score (nSPS) is 10.5. The van der Waals surface area contributed by atoms with E-state index in [-0.39, 0.29) is 0 Å². The summed E-state index contributed by atoms with van der Waals surface area (Å²) in [7, 11) is 0. The van der Waals surface area contributed by atoms with Crippen molar-refractivity contribution in [2.75, 3.05) is 0 Å². The molecule has 1 amide bonds. The van der Waals surface area contributed by atoms with E-state index >= 15 is 0 Å². The van der Waals surface area contributed by atoms with E-state index in [4.69, 9.17) is 5.73 Å². The highest BCUT2D eigenvalue weighted by Gasteiger charge is 2.12. The lowest BCUT2D eigenvalue weighted by molar-refractivity contribution is 0.100. The molecule has 0 aromatic carbocycles. The van der Waals surface area contributed by atoms with E-state index in [1.807, 2.05) is 13.0 Å². The summed E-state index contributed by atoms with van der Waals surface area (Å²) in [5, 5.41) is 0.785. The molecule has 0 fully saturated rings. The van der Waals surface area contributed by atoms with Gasteiger partial charge < -0.3 is 10.7 Å². The van der Waals surface area contributed by atoms with Crippen molar-refractivity contribution in [2.45, 2.75) is 6.92 Å². The predicted molar refractivity (Wildman–Crippen MR) is 49.3 cm³/mol. The molecule has 0 radical (unpaired) electrons. The molecule has 0 spiro atoms. The number of aromatic nitrogens is 2. The van der Waals surface area contributed by atoms with Crippen molar-refractivity contribution in [3.05, 3.63) is 29.6 Å². The number of rotatable bonds is 1. The first-order valence-corrected chi connectivity index (χ1v) is 3.93. The van der Waals surface area contributed by atoms with Gasteiger partial charge in [0.15, 0.2) is 0 Å². The van der Waals surface area contributed by atoms with Crippen LogP contribution in [0.4, 0.5) is 0 Å². The van der Waals surface area contributed by atoms with E-state index in [1.54, 1.807) is 12.3 Å². The van der Waals surface area contributed by atoms with Gasteiger partial charge in [-0.15, -0.1) is 0 Å². The molecule has 0 saturated heterocycles. The molecule has 2 aromatic heterocycles. The van der Waals surface area contributed by atoms with Gasteiger partial charge in [-0.1, -0.05) is 0 Å². The lowest BCUT2D eigenvalue weighted by Crippen LogP contribution is -2.11. The van der Waals surface area contributed by atoms with Crippen molar-refractivity contribution in [3.63, 3.8) is 0 Å². The number of hydrogen-bond acceptors (Lipinski definition) is 2. The van der Waals surface area contributed by atoms with Gasteiger partial charge in [-0.3, -0.25) is 4.79 Å². The van der Waals surface area contributed by atoms with Crippen LogP contribution in [0.25, 0.3) is 11.0 Å². The third-order valence-corrected chi connectivity index (χ3v) is 2.00. The molecule has 4 nitrogen and oxygen atoms in total. The zero-order valence-corrected chi connectivity index (χ0v) is 7.16. The number of pyridine rings is 1. The molecule has 0 bridgehead atoms. The largest absolute Gasteiger partial charge is 0.366 e. The average Bonchev–Trinajstić information content (AvgIpc) is 2.39. The minimum Gasteiger partial charge on any atom is -0.366 e. The summed E-state index contributed by atoms with van der Waals surface area (Å²) in [4.78, 5) is 18.1. The summed E-state index contributed by atoms with van der Waals surface area (Å²) in [6.45, 7) is 1.81.